The van der Waals surface area contributed by atoms with Gasteiger partial charge >= 0.3 is 11.9 Å². The molecule has 15 heteroatoms. The van der Waals surface area contributed by atoms with E-state index in [9.17, 15) is 22.8 Å². The van der Waals surface area contributed by atoms with Gasteiger partial charge in [0.15, 0.2) is 0 Å². The molecule has 55 heavy (non-hydrogen) atoms. The molecule has 4 aromatic rings. The molecule has 14 nitrogen and oxygen atoms in total. The van der Waals surface area contributed by atoms with Gasteiger partial charge in [-0.2, -0.15) is 0 Å². The monoisotopic (exact) mass is 772 g/mol. The Morgan fingerprint density at radius 1 is 1.15 bits per heavy atom. The first kappa shape index (κ1) is 39.6. The summed E-state index contributed by atoms with van der Waals surface area (Å²) in [5.41, 5.74) is 16.0. The van der Waals surface area contributed by atoms with Gasteiger partial charge in [0.2, 0.25) is 0 Å². The molecule has 6 bridgehead atoms. The second kappa shape index (κ2) is 16.3. The lowest BCUT2D eigenvalue weighted by molar-refractivity contribution is -0.154. The standard InChI is InChI=1S/C40H48N6O8S/c1-6-45-35-12-11-26-21-30(35)31(37(45)29-9-7-14-42-34(29)23-52-4)22-40(2,3)24-54-39(49)33-10-8-15-46(43-33)38(48)32(41)19-25-17-27(26)20-28(18-25)44-55(50,51)16-13-36(47)53-5/h7,9,11-14,16-18,20-21,32-33,43-44H,6,8,10,15,19,22-24,41H2,1-5H3/b16-13+/t32-,33-/m0/s1. The minimum atomic E-state index is -4.14. The lowest BCUT2D eigenvalue weighted by atomic mass is 9.84. The van der Waals surface area contributed by atoms with Crippen LogP contribution in [0.4, 0.5) is 5.69 Å². The average Bonchev–Trinajstić information content (AvgIpc) is 3.46. The van der Waals surface area contributed by atoms with Crippen molar-refractivity contribution in [2.45, 2.75) is 71.7 Å². The van der Waals surface area contributed by atoms with Gasteiger partial charge in [0.25, 0.3) is 15.9 Å². The number of cyclic esters (lactones) is 1. The van der Waals surface area contributed by atoms with Crippen LogP contribution in [0.5, 0.6) is 0 Å². The Hall–Kier alpha value is -5.09. The molecule has 0 saturated carbocycles. The number of rotatable bonds is 8. The number of aromatic nitrogens is 2. The van der Waals surface area contributed by atoms with Gasteiger partial charge in [0.1, 0.15) is 6.04 Å². The van der Waals surface area contributed by atoms with E-state index in [1.807, 2.05) is 30.3 Å². The second-order valence-electron chi connectivity index (χ2n) is 14.7. The number of anilines is 1. The fourth-order valence-corrected chi connectivity index (χ4v) is 8.13. The summed E-state index contributed by atoms with van der Waals surface area (Å²) in [6.07, 6.45) is 4.22. The summed E-state index contributed by atoms with van der Waals surface area (Å²) in [6.45, 7) is 7.65. The van der Waals surface area contributed by atoms with Crippen molar-refractivity contribution in [3.63, 3.8) is 0 Å². The Kier molecular flexibility index (Phi) is 11.8. The van der Waals surface area contributed by atoms with Crippen LogP contribution in [0.3, 0.4) is 0 Å². The summed E-state index contributed by atoms with van der Waals surface area (Å²) < 4.78 is 47.1. The number of benzene rings is 2. The normalized spacial score (nSPS) is 19.3. The number of sulfonamides is 1. The Labute approximate surface area is 321 Å². The quantitative estimate of drug-likeness (QED) is 0.170. The van der Waals surface area contributed by atoms with Crippen molar-refractivity contribution >= 4 is 44.5 Å². The van der Waals surface area contributed by atoms with Crippen LogP contribution >= 0.6 is 0 Å². The molecule has 1 amide bonds. The number of carbonyl (C=O) groups is 3. The van der Waals surface area contributed by atoms with Gasteiger partial charge in [-0.15, -0.1) is 0 Å². The number of ether oxygens (including phenoxy) is 3. The summed E-state index contributed by atoms with van der Waals surface area (Å²) in [6, 6.07) is 13.5. The highest BCUT2D eigenvalue weighted by atomic mass is 32.2. The van der Waals surface area contributed by atoms with Crippen molar-refractivity contribution in [3.05, 3.63) is 83.0 Å². The molecular weight excluding hydrogens is 725 g/mol. The predicted molar refractivity (Wildman–Crippen MR) is 209 cm³/mol. The first-order chi connectivity index (χ1) is 26.2. The number of hydrogen-bond acceptors (Lipinski definition) is 11. The summed E-state index contributed by atoms with van der Waals surface area (Å²) in [7, 11) is -1.35. The molecule has 2 atom stereocenters. The van der Waals surface area contributed by atoms with Crippen LogP contribution < -0.4 is 15.9 Å². The highest BCUT2D eigenvalue weighted by Crippen LogP contribution is 2.41. The van der Waals surface area contributed by atoms with Gasteiger partial charge in [0, 0.05) is 60.0 Å². The smallest absolute Gasteiger partial charge is 0.331 e. The molecule has 0 spiro atoms. The van der Waals surface area contributed by atoms with Crippen molar-refractivity contribution in [2.24, 2.45) is 11.1 Å². The molecule has 4 heterocycles. The molecule has 1 fully saturated rings. The van der Waals surface area contributed by atoms with Crippen LogP contribution in [-0.4, -0.2) is 80.3 Å². The van der Waals surface area contributed by atoms with Gasteiger partial charge in [-0.3, -0.25) is 24.3 Å². The zero-order valence-corrected chi connectivity index (χ0v) is 32.6. The average molecular weight is 773 g/mol. The fraction of sp³-hybridized carbons (Fsp3) is 0.400. The van der Waals surface area contributed by atoms with E-state index in [1.165, 1.54) is 5.01 Å². The molecule has 292 valence electrons. The summed E-state index contributed by atoms with van der Waals surface area (Å²) >= 11 is 0. The van der Waals surface area contributed by atoms with E-state index in [2.05, 4.69) is 51.3 Å². The van der Waals surface area contributed by atoms with Crippen molar-refractivity contribution in [1.29, 1.82) is 0 Å². The summed E-state index contributed by atoms with van der Waals surface area (Å²) in [5, 5.41) is 3.08. The van der Waals surface area contributed by atoms with Crippen molar-refractivity contribution in [3.8, 4) is 22.4 Å². The van der Waals surface area contributed by atoms with Crippen LogP contribution in [0, 0.1) is 5.41 Å². The lowest BCUT2D eigenvalue weighted by Gasteiger charge is -2.35. The Balaban J connectivity index is 1.57. The third-order valence-corrected chi connectivity index (χ3v) is 10.9. The minimum absolute atomic E-state index is 0.0635. The van der Waals surface area contributed by atoms with Gasteiger partial charge in [0.05, 0.1) is 43.2 Å². The highest BCUT2D eigenvalue weighted by Gasteiger charge is 2.34. The molecule has 2 aliphatic heterocycles. The molecule has 4 N–H and O–H groups in total. The maximum absolute atomic E-state index is 13.6. The number of nitrogens with zero attached hydrogens (tertiary/aromatic N) is 3. The SMILES string of the molecule is CCn1c(-c2cccnc2COC)c2c3cc(ccc31)-c1cc(cc(NS(=O)(=O)/C=C/C(=O)OC)c1)C[C@H](N)C(=O)N1CCC[C@H](N1)C(=O)OCC(C)(C)C2. The number of pyridine rings is 1. The summed E-state index contributed by atoms with van der Waals surface area (Å²) in [5.74, 6) is -1.67. The van der Waals surface area contributed by atoms with Crippen LogP contribution in [0.2, 0.25) is 0 Å². The van der Waals surface area contributed by atoms with E-state index < -0.39 is 45.4 Å². The maximum atomic E-state index is 13.6. The van der Waals surface area contributed by atoms with E-state index in [4.69, 9.17) is 15.2 Å². The molecule has 6 rings (SSSR count). The number of nitrogens with two attached hydrogens (primary N) is 1. The first-order valence-electron chi connectivity index (χ1n) is 18.2. The molecule has 2 aromatic carbocycles. The van der Waals surface area contributed by atoms with E-state index in [0.29, 0.717) is 50.1 Å². The molecule has 2 aliphatic rings. The number of esters is 2. The largest absolute Gasteiger partial charge is 0.466 e. The molecule has 0 aliphatic carbocycles. The van der Waals surface area contributed by atoms with E-state index in [0.717, 1.165) is 57.6 Å². The number of hydrazine groups is 1. The minimum Gasteiger partial charge on any atom is -0.466 e. The number of amides is 1. The predicted octanol–water partition coefficient (Wildman–Crippen LogP) is 4.46. The molecule has 0 unspecified atom stereocenters. The molecule has 1 saturated heterocycles. The lowest BCUT2D eigenvalue weighted by Crippen LogP contribution is -2.59. The number of carbonyl (C=O) groups excluding carboxylic acids is 3. The van der Waals surface area contributed by atoms with E-state index in [1.54, 1.807) is 25.4 Å². The maximum Gasteiger partial charge on any atom is 0.331 e. The van der Waals surface area contributed by atoms with Crippen molar-refractivity contribution < 1.29 is 37.0 Å². The Morgan fingerprint density at radius 2 is 1.95 bits per heavy atom. The third kappa shape index (κ3) is 8.91. The third-order valence-electron chi connectivity index (χ3n) is 9.85. The van der Waals surface area contributed by atoms with Crippen LogP contribution in [0.1, 0.15) is 50.4 Å². The number of methoxy groups -OCH3 is 2. The summed E-state index contributed by atoms with van der Waals surface area (Å²) in [4.78, 5) is 43.5. The second-order valence-corrected chi connectivity index (χ2v) is 16.3. The van der Waals surface area contributed by atoms with E-state index in [-0.39, 0.29) is 18.7 Å². The van der Waals surface area contributed by atoms with Gasteiger partial charge in [-0.25, -0.2) is 18.6 Å². The molecular formula is C40H48N6O8S. The van der Waals surface area contributed by atoms with Crippen molar-refractivity contribution in [1.82, 2.24) is 20.0 Å². The highest BCUT2D eigenvalue weighted by molar-refractivity contribution is 7.95. The van der Waals surface area contributed by atoms with Crippen LogP contribution in [0.25, 0.3) is 33.3 Å². The Morgan fingerprint density at radius 3 is 2.69 bits per heavy atom. The van der Waals surface area contributed by atoms with Crippen LogP contribution in [0.15, 0.2) is 66.2 Å². The molecule has 0 radical (unpaired) electrons. The van der Waals surface area contributed by atoms with Gasteiger partial charge in [-0.05, 0) is 91.3 Å². The first-order valence-corrected chi connectivity index (χ1v) is 19.8. The number of aryl methyl sites for hydroxylation is 1. The zero-order chi connectivity index (χ0) is 39.5. The van der Waals surface area contributed by atoms with Crippen molar-refractivity contribution in [2.75, 3.05) is 32.1 Å². The van der Waals surface area contributed by atoms with Crippen LogP contribution in [-0.2, 0) is 64.6 Å². The fourth-order valence-electron chi connectivity index (χ4n) is 7.32. The number of nitrogens with one attached hydrogen (secondary N) is 2. The number of hydrogen-bond donors (Lipinski definition) is 3. The Bertz CT molecular complexity index is 2250. The van der Waals surface area contributed by atoms with Gasteiger partial charge < -0.3 is 24.5 Å². The molecule has 2 aromatic heterocycles. The number of fused-ring (bicyclic) bond motifs is 6. The van der Waals surface area contributed by atoms with Gasteiger partial charge in [-0.1, -0.05) is 26.0 Å². The topological polar surface area (TPSA) is 184 Å². The zero-order valence-electron chi connectivity index (χ0n) is 31.8. The van der Waals surface area contributed by atoms with E-state index >= 15 is 0 Å².